The van der Waals surface area contributed by atoms with Crippen LogP contribution in [0, 0.1) is 0 Å². The van der Waals surface area contributed by atoms with Crippen LogP contribution in [0.15, 0.2) is 97.5 Å². The minimum absolute atomic E-state index is 0.246. The van der Waals surface area contributed by atoms with Crippen LogP contribution in [-0.2, 0) is 6.54 Å². The number of benzene rings is 3. The smallest absolute Gasteiger partial charge is 0.0894 e. The summed E-state index contributed by atoms with van der Waals surface area (Å²) in [4.78, 5) is 9.65. The molecule has 3 heterocycles. The predicted molar refractivity (Wildman–Crippen MR) is 143 cm³/mol. The van der Waals surface area contributed by atoms with Crippen molar-refractivity contribution in [2.24, 2.45) is 0 Å². The lowest BCUT2D eigenvalue weighted by atomic mass is 9.98. The number of fused-ring (bicyclic) bond motifs is 3. The molecule has 0 unspecified atom stereocenters. The zero-order valence-electron chi connectivity index (χ0n) is 19.5. The normalized spacial score (nSPS) is 11.6. The van der Waals surface area contributed by atoms with Gasteiger partial charge in [0.1, 0.15) is 0 Å². The van der Waals surface area contributed by atoms with Crippen molar-refractivity contribution in [1.82, 2.24) is 14.5 Å². The van der Waals surface area contributed by atoms with Crippen LogP contribution in [0.3, 0.4) is 0 Å². The van der Waals surface area contributed by atoms with Gasteiger partial charge in [-0.25, -0.2) is 4.98 Å². The van der Waals surface area contributed by atoms with Crippen LogP contribution in [-0.4, -0.2) is 21.2 Å². The number of halogens is 1. The van der Waals surface area contributed by atoms with Crippen molar-refractivity contribution in [2.45, 2.75) is 25.8 Å². The van der Waals surface area contributed by atoms with Gasteiger partial charge in [0, 0.05) is 57.9 Å². The lowest BCUT2D eigenvalue weighted by Gasteiger charge is -2.11. The van der Waals surface area contributed by atoms with Gasteiger partial charge in [0.25, 0.3) is 0 Å². The van der Waals surface area contributed by atoms with Crippen molar-refractivity contribution in [3.05, 3.63) is 97.5 Å². The first-order valence-electron chi connectivity index (χ1n) is 12.2. The van der Waals surface area contributed by atoms with Gasteiger partial charge in [-0.15, -0.1) is 0 Å². The van der Waals surface area contributed by atoms with E-state index >= 15 is 0 Å². The van der Waals surface area contributed by atoms with E-state index in [1.54, 1.807) is 0 Å². The topological polar surface area (TPSA) is 30.7 Å². The van der Waals surface area contributed by atoms with Gasteiger partial charge in [-0.3, -0.25) is 9.37 Å². The summed E-state index contributed by atoms with van der Waals surface area (Å²) >= 11 is 0. The molecule has 6 aromatic rings. The van der Waals surface area contributed by atoms with E-state index < -0.39 is 0 Å². The lowest BCUT2D eigenvalue weighted by Crippen LogP contribution is -1.96. The van der Waals surface area contributed by atoms with Crippen molar-refractivity contribution >= 4 is 32.4 Å². The summed E-state index contributed by atoms with van der Waals surface area (Å²) in [5.41, 5.74) is 5.32. The van der Waals surface area contributed by atoms with E-state index in [0.29, 0.717) is 6.42 Å². The molecule has 0 radical (unpaired) electrons. The molecule has 0 aliphatic rings. The fourth-order valence-corrected chi connectivity index (χ4v) is 5.05. The standard InChI is InChI=1S/C31H26FN3/c32-16-6-1-7-18-35-21-28(26-12-4-5-14-30(26)35)31-24-11-3-2-9-23(24)19-29(34-31)25-13-8-10-22-15-17-33-20-27(22)25/h2-5,8-15,17,19-21H,1,6-7,16,18H2. The van der Waals surface area contributed by atoms with Crippen LogP contribution in [0.5, 0.6) is 0 Å². The van der Waals surface area contributed by atoms with Crippen LogP contribution in [0.1, 0.15) is 19.3 Å². The number of pyridine rings is 2. The summed E-state index contributed by atoms with van der Waals surface area (Å²) in [5.74, 6) is 0. The van der Waals surface area contributed by atoms with Crippen LogP contribution >= 0.6 is 0 Å². The predicted octanol–water partition coefficient (Wildman–Crippen LogP) is 8.21. The fraction of sp³-hybridized carbons (Fsp3) is 0.161. The SMILES string of the molecule is FCCCCCn1cc(-c2nc(-c3cccc4ccncc34)cc3ccccc23)c2ccccc21. The number of rotatable bonds is 7. The number of para-hydroxylation sites is 1. The van der Waals surface area contributed by atoms with Gasteiger partial charge in [-0.05, 0) is 48.2 Å². The van der Waals surface area contributed by atoms with Crippen molar-refractivity contribution in [3.8, 4) is 22.5 Å². The van der Waals surface area contributed by atoms with E-state index in [1.165, 1.54) is 10.9 Å². The number of hydrogen-bond donors (Lipinski definition) is 0. The van der Waals surface area contributed by atoms with E-state index in [2.05, 4.69) is 88.5 Å². The first kappa shape index (κ1) is 21.5. The van der Waals surface area contributed by atoms with Crippen LogP contribution in [0.25, 0.3) is 55.0 Å². The average molecular weight is 460 g/mol. The molecule has 0 saturated carbocycles. The molecule has 0 atom stereocenters. The maximum absolute atomic E-state index is 12.6. The highest BCUT2D eigenvalue weighted by Gasteiger charge is 2.16. The van der Waals surface area contributed by atoms with E-state index in [1.807, 2.05) is 18.5 Å². The van der Waals surface area contributed by atoms with Crippen molar-refractivity contribution in [3.63, 3.8) is 0 Å². The third kappa shape index (κ3) is 3.95. The van der Waals surface area contributed by atoms with Gasteiger partial charge in [0.05, 0.1) is 18.1 Å². The van der Waals surface area contributed by atoms with Gasteiger partial charge in [0.2, 0.25) is 0 Å². The highest BCUT2D eigenvalue weighted by atomic mass is 19.1. The molecule has 4 heteroatoms. The van der Waals surface area contributed by atoms with Crippen LogP contribution < -0.4 is 0 Å². The molecule has 6 rings (SSSR count). The Labute approximate surface area is 203 Å². The Morgan fingerprint density at radius 1 is 0.714 bits per heavy atom. The molecule has 35 heavy (non-hydrogen) atoms. The molecular weight excluding hydrogens is 433 g/mol. The minimum atomic E-state index is -0.246. The minimum Gasteiger partial charge on any atom is -0.347 e. The number of unbranched alkanes of at least 4 members (excludes halogenated alkanes) is 2. The molecule has 0 aliphatic carbocycles. The Hall–Kier alpha value is -4.05. The summed E-state index contributed by atoms with van der Waals surface area (Å²) in [7, 11) is 0. The van der Waals surface area contributed by atoms with E-state index in [-0.39, 0.29) is 6.67 Å². The van der Waals surface area contributed by atoms with Gasteiger partial charge in [0.15, 0.2) is 0 Å². The second-order valence-electron chi connectivity index (χ2n) is 8.98. The van der Waals surface area contributed by atoms with E-state index in [9.17, 15) is 4.39 Å². The first-order valence-corrected chi connectivity index (χ1v) is 12.2. The third-order valence-corrected chi connectivity index (χ3v) is 6.78. The number of nitrogens with zero attached hydrogens (tertiary/aromatic N) is 3. The summed E-state index contributed by atoms with van der Waals surface area (Å²) in [6.07, 6.45) is 8.45. The number of aryl methyl sites for hydroxylation is 1. The molecule has 3 nitrogen and oxygen atoms in total. The molecule has 172 valence electrons. The molecule has 3 aromatic heterocycles. The monoisotopic (exact) mass is 459 g/mol. The lowest BCUT2D eigenvalue weighted by molar-refractivity contribution is 0.449. The Morgan fingerprint density at radius 2 is 1.54 bits per heavy atom. The second kappa shape index (κ2) is 9.30. The fourth-order valence-electron chi connectivity index (χ4n) is 5.05. The Kier molecular flexibility index (Phi) is 5.71. The Morgan fingerprint density at radius 3 is 2.46 bits per heavy atom. The molecule has 0 N–H and O–H groups in total. The van der Waals surface area contributed by atoms with Crippen LogP contribution in [0.4, 0.5) is 4.39 Å². The zero-order valence-corrected chi connectivity index (χ0v) is 19.5. The summed E-state index contributed by atoms with van der Waals surface area (Å²) in [5, 5.41) is 5.73. The summed E-state index contributed by atoms with van der Waals surface area (Å²) in [6, 6.07) is 27.5. The number of hydrogen-bond acceptors (Lipinski definition) is 2. The van der Waals surface area contributed by atoms with Crippen LogP contribution in [0.2, 0.25) is 0 Å². The van der Waals surface area contributed by atoms with E-state index in [0.717, 1.165) is 63.4 Å². The van der Waals surface area contributed by atoms with Crippen molar-refractivity contribution in [1.29, 1.82) is 0 Å². The van der Waals surface area contributed by atoms with Gasteiger partial charge in [-0.2, -0.15) is 0 Å². The molecule has 0 bridgehead atoms. The van der Waals surface area contributed by atoms with Crippen molar-refractivity contribution in [2.75, 3.05) is 6.67 Å². The highest BCUT2D eigenvalue weighted by molar-refractivity contribution is 6.06. The largest absolute Gasteiger partial charge is 0.347 e. The third-order valence-electron chi connectivity index (χ3n) is 6.78. The Bertz CT molecular complexity index is 1650. The highest BCUT2D eigenvalue weighted by Crippen LogP contribution is 2.37. The molecule has 0 saturated heterocycles. The first-order chi connectivity index (χ1) is 17.3. The quantitative estimate of drug-likeness (QED) is 0.225. The van der Waals surface area contributed by atoms with Crippen molar-refractivity contribution < 1.29 is 4.39 Å². The van der Waals surface area contributed by atoms with Gasteiger partial charge in [-0.1, -0.05) is 60.7 Å². The number of aromatic nitrogens is 3. The number of alkyl halides is 1. The molecule has 0 fully saturated rings. The molecule has 0 spiro atoms. The molecule has 0 aliphatic heterocycles. The maximum Gasteiger partial charge on any atom is 0.0894 e. The summed E-state index contributed by atoms with van der Waals surface area (Å²) < 4.78 is 14.9. The Balaban J connectivity index is 1.56. The molecular formula is C31H26FN3. The molecule has 3 aromatic carbocycles. The zero-order chi connectivity index (χ0) is 23.6. The summed E-state index contributed by atoms with van der Waals surface area (Å²) in [6.45, 7) is 0.622. The molecule has 0 amide bonds. The second-order valence-corrected chi connectivity index (χ2v) is 8.98. The van der Waals surface area contributed by atoms with E-state index in [4.69, 9.17) is 4.98 Å². The van der Waals surface area contributed by atoms with Gasteiger partial charge >= 0.3 is 0 Å². The van der Waals surface area contributed by atoms with Gasteiger partial charge < -0.3 is 4.57 Å². The maximum atomic E-state index is 12.6. The average Bonchev–Trinajstić information content (AvgIpc) is 3.28.